The molecule has 1 aromatic heterocycles. The van der Waals surface area contributed by atoms with E-state index in [9.17, 15) is 4.79 Å². The lowest BCUT2D eigenvalue weighted by atomic mass is 10.1. The zero-order valence-corrected chi connectivity index (χ0v) is 12.5. The van der Waals surface area contributed by atoms with Gasteiger partial charge in [0.1, 0.15) is 0 Å². The number of ether oxygens (including phenoxy) is 1. The summed E-state index contributed by atoms with van der Waals surface area (Å²) in [6.45, 7) is 0. The van der Waals surface area contributed by atoms with Crippen molar-refractivity contribution in [3.05, 3.63) is 59.1 Å². The van der Waals surface area contributed by atoms with Crippen LogP contribution < -0.4 is 0 Å². The molecule has 0 saturated carbocycles. The Morgan fingerprint density at radius 1 is 1.10 bits per heavy atom. The van der Waals surface area contributed by atoms with Gasteiger partial charge in [0.15, 0.2) is 0 Å². The minimum absolute atomic E-state index is 0.325. The summed E-state index contributed by atoms with van der Waals surface area (Å²) in [4.78, 5) is 11.6. The van der Waals surface area contributed by atoms with Crippen LogP contribution in [0.2, 0.25) is 5.02 Å². The van der Waals surface area contributed by atoms with Crippen LogP contribution in [0.1, 0.15) is 10.4 Å². The molecule has 0 aliphatic rings. The summed E-state index contributed by atoms with van der Waals surface area (Å²) < 4.78 is 6.86. The van der Waals surface area contributed by atoms with Crippen LogP contribution in [0.4, 0.5) is 0 Å². The van der Waals surface area contributed by atoms with Crippen molar-refractivity contribution in [2.45, 2.75) is 0 Å². The molecule has 3 nitrogen and oxygen atoms in total. The molecule has 0 aliphatic heterocycles. The lowest BCUT2D eigenvalue weighted by Gasteiger charge is -2.04. The van der Waals surface area contributed by atoms with Crippen molar-refractivity contribution < 1.29 is 9.53 Å². The van der Waals surface area contributed by atoms with Crippen molar-refractivity contribution in [3.63, 3.8) is 0 Å². The lowest BCUT2D eigenvalue weighted by Crippen LogP contribution is -2.00. The SMILES string of the molecule is COC(=O)c1ccc2c(c1)cc(-c1ccc(Cl)cc1)n2C. The number of esters is 1. The Morgan fingerprint density at radius 2 is 1.81 bits per heavy atom. The van der Waals surface area contributed by atoms with E-state index < -0.39 is 0 Å². The first-order valence-electron chi connectivity index (χ1n) is 6.54. The minimum Gasteiger partial charge on any atom is -0.465 e. The Labute approximate surface area is 127 Å². The number of aromatic nitrogens is 1. The van der Waals surface area contributed by atoms with Crippen molar-refractivity contribution in [1.82, 2.24) is 4.57 Å². The predicted molar refractivity (Wildman–Crippen MR) is 84.7 cm³/mol. The van der Waals surface area contributed by atoms with Gasteiger partial charge in [-0.1, -0.05) is 23.7 Å². The zero-order valence-electron chi connectivity index (χ0n) is 11.8. The highest BCUT2D eigenvalue weighted by atomic mass is 35.5. The second kappa shape index (κ2) is 5.26. The highest BCUT2D eigenvalue weighted by molar-refractivity contribution is 6.30. The number of nitrogens with zero attached hydrogens (tertiary/aromatic N) is 1. The van der Waals surface area contributed by atoms with Gasteiger partial charge in [-0.3, -0.25) is 0 Å². The van der Waals surface area contributed by atoms with Gasteiger partial charge >= 0.3 is 5.97 Å². The van der Waals surface area contributed by atoms with Gasteiger partial charge in [-0.2, -0.15) is 0 Å². The number of benzene rings is 2. The van der Waals surface area contributed by atoms with Gasteiger partial charge in [-0.25, -0.2) is 4.79 Å². The smallest absolute Gasteiger partial charge is 0.337 e. The van der Waals surface area contributed by atoms with Gasteiger partial charge in [0.25, 0.3) is 0 Å². The summed E-state index contributed by atoms with van der Waals surface area (Å²) >= 11 is 5.93. The standard InChI is InChI=1S/C17H14ClNO2/c1-19-15-8-5-12(17(20)21-2)9-13(15)10-16(19)11-3-6-14(18)7-4-11/h3-10H,1-2H3. The highest BCUT2D eigenvalue weighted by Gasteiger charge is 2.11. The van der Waals surface area contributed by atoms with Crippen LogP contribution in [0.3, 0.4) is 0 Å². The van der Waals surface area contributed by atoms with Crippen LogP contribution in [-0.2, 0) is 11.8 Å². The molecule has 0 spiro atoms. The molecule has 21 heavy (non-hydrogen) atoms. The Hall–Kier alpha value is -2.26. The van der Waals surface area contributed by atoms with E-state index in [4.69, 9.17) is 16.3 Å². The number of carbonyl (C=O) groups excluding carboxylic acids is 1. The van der Waals surface area contributed by atoms with Crippen molar-refractivity contribution >= 4 is 28.5 Å². The van der Waals surface area contributed by atoms with Crippen molar-refractivity contribution in [3.8, 4) is 11.3 Å². The summed E-state index contributed by atoms with van der Waals surface area (Å²) in [5.41, 5.74) is 3.77. The van der Waals surface area contributed by atoms with E-state index in [1.165, 1.54) is 7.11 Å². The number of methoxy groups -OCH3 is 1. The van der Waals surface area contributed by atoms with Crippen molar-refractivity contribution in [2.75, 3.05) is 7.11 Å². The van der Waals surface area contributed by atoms with Gasteiger partial charge in [0, 0.05) is 28.7 Å². The van der Waals surface area contributed by atoms with E-state index in [-0.39, 0.29) is 5.97 Å². The summed E-state index contributed by atoms with van der Waals surface area (Å²) in [5, 5.41) is 1.72. The molecule has 0 fully saturated rings. The molecule has 106 valence electrons. The third-order valence-corrected chi connectivity index (χ3v) is 3.86. The van der Waals surface area contributed by atoms with Crippen LogP contribution in [0.5, 0.6) is 0 Å². The fourth-order valence-corrected chi connectivity index (χ4v) is 2.62. The molecule has 0 N–H and O–H groups in total. The first-order chi connectivity index (χ1) is 10.1. The third-order valence-electron chi connectivity index (χ3n) is 3.60. The van der Waals surface area contributed by atoms with Gasteiger partial charge < -0.3 is 9.30 Å². The average molecular weight is 300 g/mol. The molecule has 0 bridgehead atoms. The Morgan fingerprint density at radius 3 is 2.48 bits per heavy atom. The molecule has 0 amide bonds. The second-order valence-corrected chi connectivity index (χ2v) is 5.30. The maximum atomic E-state index is 11.6. The number of halogens is 1. The van der Waals surface area contributed by atoms with Crippen molar-refractivity contribution in [2.24, 2.45) is 7.05 Å². The summed E-state index contributed by atoms with van der Waals surface area (Å²) in [7, 11) is 3.39. The fourth-order valence-electron chi connectivity index (χ4n) is 2.49. The normalized spacial score (nSPS) is 10.8. The summed E-state index contributed by atoms with van der Waals surface area (Å²) in [6, 6.07) is 15.3. The number of rotatable bonds is 2. The molecule has 0 aliphatic carbocycles. The van der Waals surface area contributed by atoms with Gasteiger partial charge in [0.05, 0.1) is 12.7 Å². The summed E-state index contributed by atoms with van der Waals surface area (Å²) in [6.07, 6.45) is 0. The molecule has 0 saturated heterocycles. The van der Waals surface area contributed by atoms with E-state index in [2.05, 4.69) is 10.6 Å². The fraction of sp³-hybridized carbons (Fsp3) is 0.118. The topological polar surface area (TPSA) is 31.2 Å². The Kier molecular flexibility index (Phi) is 3.43. The molecular formula is C17H14ClNO2. The predicted octanol–water partition coefficient (Wildman–Crippen LogP) is 4.29. The highest BCUT2D eigenvalue weighted by Crippen LogP contribution is 2.28. The van der Waals surface area contributed by atoms with E-state index in [1.807, 2.05) is 43.4 Å². The number of aryl methyl sites for hydroxylation is 1. The Bertz CT molecular complexity index is 819. The van der Waals surface area contributed by atoms with E-state index in [0.29, 0.717) is 10.6 Å². The van der Waals surface area contributed by atoms with Crippen LogP contribution in [0.25, 0.3) is 22.2 Å². The monoisotopic (exact) mass is 299 g/mol. The molecule has 0 atom stereocenters. The number of hydrogen-bond acceptors (Lipinski definition) is 2. The van der Waals surface area contributed by atoms with Gasteiger partial charge in [-0.05, 0) is 42.0 Å². The van der Waals surface area contributed by atoms with Crippen molar-refractivity contribution in [1.29, 1.82) is 0 Å². The first-order valence-corrected chi connectivity index (χ1v) is 6.91. The number of hydrogen-bond donors (Lipinski definition) is 0. The second-order valence-electron chi connectivity index (χ2n) is 4.86. The largest absolute Gasteiger partial charge is 0.465 e. The third kappa shape index (κ3) is 2.41. The number of fused-ring (bicyclic) bond motifs is 1. The van der Waals surface area contributed by atoms with E-state index in [1.54, 1.807) is 6.07 Å². The average Bonchev–Trinajstić information content (AvgIpc) is 2.84. The molecule has 4 heteroatoms. The minimum atomic E-state index is -0.325. The van der Waals surface area contributed by atoms with Crippen LogP contribution >= 0.6 is 11.6 Å². The first kappa shape index (κ1) is 13.7. The maximum Gasteiger partial charge on any atom is 0.337 e. The zero-order chi connectivity index (χ0) is 15.0. The van der Waals surface area contributed by atoms with Crippen LogP contribution in [-0.4, -0.2) is 17.6 Å². The molecule has 3 aromatic rings. The summed E-state index contributed by atoms with van der Waals surface area (Å²) in [5.74, 6) is -0.325. The maximum absolute atomic E-state index is 11.6. The quantitative estimate of drug-likeness (QED) is 0.661. The van der Waals surface area contributed by atoms with Gasteiger partial charge in [-0.15, -0.1) is 0 Å². The molecular weight excluding hydrogens is 286 g/mol. The molecule has 2 aromatic carbocycles. The van der Waals surface area contributed by atoms with Crippen LogP contribution in [0, 0.1) is 0 Å². The molecule has 1 heterocycles. The molecule has 0 radical (unpaired) electrons. The van der Waals surface area contributed by atoms with E-state index in [0.717, 1.165) is 22.2 Å². The lowest BCUT2D eigenvalue weighted by molar-refractivity contribution is 0.0601. The molecule has 3 rings (SSSR count). The van der Waals surface area contributed by atoms with Gasteiger partial charge in [0.2, 0.25) is 0 Å². The number of carbonyl (C=O) groups is 1. The van der Waals surface area contributed by atoms with E-state index >= 15 is 0 Å². The van der Waals surface area contributed by atoms with Crippen LogP contribution in [0.15, 0.2) is 48.5 Å². The Balaban J connectivity index is 2.14. The molecule has 0 unspecified atom stereocenters.